The Morgan fingerprint density at radius 2 is 1.92 bits per heavy atom. The molecule has 1 aromatic rings. The van der Waals surface area contributed by atoms with Crippen LogP contribution >= 0.6 is 11.6 Å². The number of halogens is 1. The van der Waals surface area contributed by atoms with Crippen molar-refractivity contribution in [3.05, 3.63) is 31.6 Å². The summed E-state index contributed by atoms with van der Waals surface area (Å²) in [5.74, 6) is 0. The molecule has 0 bridgehead atoms. The molecule has 0 radical (unpaired) electrons. The van der Waals surface area contributed by atoms with Crippen molar-refractivity contribution in [1.29, 1.82) is 0 Å². The standard InChI is InChI=1S/C15H25ClN2O7Si/c1-26(2,3)5-4-24-7-18-13(16)9(14(22)17-15(18)23)12-11(21)10(20)8(6-19)25-12/h8,10-12,19-21H,4-7H2,1-3H3,(H,17,22,23)/t8-,10?,11+,12+/m1/s1. The van der Waals surface area contributed by atoms with Crippen molar-refractivity contribution in [3.63, 3.8) is 0 Å². The molecule has 0 saturated carbocycles. The summed E-state index contributed by atoms with van der Waals surface area (Å²) in [5, 5.41) is 28.9. The molecule has 1 aromatic heterocycles. The topological polar surface area (TPSA) is 134 Å². The summed E-state index contributed by atoms with van der Waals surface area (Å²) >= 11 is 6.21. The van der Waals surface area contributed by atoms with Gasteiger partial charge in [0.15, 0.2) is 0 Å². The Balaban J connectivity index is 2.26. The largest absolute Gasteiger partial charge is 0.394 e. The Bertz CT molecular complexity index is 745. The molecule has 4 N–H and O–H groups in total. The molecule has 4 atom stereocenters. The lowest BCUT2D eigenvalue weighted by atomic mass is 10.0. The van der Waals surface area contributed by atoms with E-state index in [0.29, 0.717) is 6.61 Å². The molecule has 148 valence electrons. The lowest BCUT2D eigenvalue weighted by Gasteiger charge is -2.19. The zero-order valence-corrected chi connectivity index (χ0v) is 16.7. The van der Waals surface area contributed by atoms with E-state index in [9.17, 15) is 24.9 Å². The molecule has 1 aliphatic rings. The van der Waals surface area contributed by atoms with Gasteiger partial charge in [-0.15, -0.1) is 0 Å². The Morgan fingerprint density at radius 3 is 2.46 bits per heavy atom. The van der Waals surface area contributed by atoms with Gasteiger partial charge in [0.05, 0.1) is 12.2 Å². The van der Waals surface area contributed by atoms with Gasteiger partial charge in [-0.2, -0.15) is 0 Å². The minimum Gasteiger partial charge on any atom is -0.394 e. The molecule has 0 spiro atoms. The van der Waals surface area contributed by atoms with E-state index in [2.05, 4.69) is 24.6 Å². The van der Waals surface area contributed by atoms with Gasteiger partial charge in [-0.3, -0.25) is 14.3 Å². The SMILES string of the molecule is C[Si](C)(C)CCOCn1c(Cl)c([C@@H]2O[C@H](CO)C(O)[C@@H]2O)c(=O)[nH]c1=O. The molecule has 2 heterocycles. The highest BCUT2D eigenvalue weighted by atomic mass is 35.5. The zero-order valence-electron chi connectivity index (χ0n) is 14.9. The van der Waals surface area contributed by atoms with Crippen molar-refractivity contribution in [2.45, 2.75) is 56.8 Å². The summed E-state index contributed by atoms with van der Waals surface area (Å²) < 4.78 is 11.9. The van der Waals surface area contributed by atoms with Gasteiger partial charge in [-0.1, -0.05) is 31.2 Å². The average molecular weight is 409 g/mol. The number of nitrogens with zero attached hydrogens (tertiary/aromatic N) is 1. The quantitative estimate of drug-likeness (QED) is 0.275. The number of hydrogen-bond donors (Lipinski definition) is 4. The Hall–Kier alpha value is -1.01. The van der Waals surface area contributed by atoms with Crippen molar-refractivity contribution in [1.82, 2.24) is 9.55 Å². The third-order valence-electron chi connectivity index (χ3n) is 4.21. The van der Waals surface area contributed by atoms with E-state index in [1.54, 1.807) is 0 Å². The zero-order chi connectivity index (χ0) is 19.6. The summed E-state index contributed by atoms with van der Waals surface area (Å²) in [6.45, 7) is 6.31. The normalized spacial score (nSPS) is 26.4. The average Bonchev–Trinajstić information content (AvgIpc) is 2.81. The molecule has 0 aromatic carbocycles. The van der Waals surface area contributed by atoms with E-state index < -0.39 is 50.3 Å². The van der Waals surface area contributed by atoms with E-state index in [-0.39, 0.29) is 17.4 Å². The monoisotopic (exact) mass is 408 g/mol. The fraction of sp³-hybridized carbons (Fsp3) is 0.733. The maximum Gasteiger partial charge on any atom is 0.331 e. The van der Waals surface area contributed by atoms with Crippen LogP contribution in [-0.2, 0) is 16.2 Å². The van der Waals surface area contributed by atoms with E-state index in [0.717, 1.165) is 10.6 Å². The molecular weight excluding hydrogens is 384 g/mol. The highest BCUT2D eigenvalue weighted by Crippen LogP contribution is 2.34. The number of H-pyrrole nitrogens is 1. The van der Waals surface area contributed by atoms with Gasteiger partial charge in [-0.05, 0) is 6.04 Å². The maximum atomic E-state index is 12.2. The predicted molar refractivity (Wildman–Crippen MR) is 97.2 cm³/mol. The third-order valence-corrected chi connectivity index (χ3v) is 6.32. The summed E-state index contributed by atoms with van der Waals surface area (Å²) in [6.07, 6.45) is -5.18. The first-order valence-electron chi connectivity index (χ1n) is 8.29. The molecule has 1 fully saturated rings. The smallest absolute Gasteiger partial charge is 0.331 e. The first kappa shape index (κ1) is 21.3. The van der Waals surface area contributed by atoms with Crippen LogP contribution in [0.1, 0.15) is 11.7 Å². The van der Waals surface area contributed by atoms with Crippen LogP contribution in [0, 0.1) is 0 Å². The number of aromatic amines is 1. The van der Waals surface area contributed by atoms with E-state index in [1.807, 2.05) is 0 Å². The van der Waals surface area contributed by atoms with Crippen molar-refractivity contribution in [2.75, 3.05) is 13.2 Å². The fourth-order valence-electron chi connectivity index (χ4n) is 2.59. The van der Waals surface area contributed by atoms with Gasteiger partial charge in [0.25, 0.3) is 5.56 Å². The Morgan fingerprint density at radius 1 is 1.27 bits per heavy atom. The van der Waals surface area contributed by atoms with Gasteiger partial charge in [-0.25, -0.2) is 4.79 Å². The summed E-state index contributed by atoms with van der Waals surface area (Å²) in [4.78, 5) is 26.3. The lowest BCUT2D eigenvalue weighted by Crippen LogP contribution is -2.37. The van der Waals surface area contributed by atoms with E-state index >= 15 is 0 Å². The second kappa shape index (κ2) is 8.34. The number of rotatable bonds is 7. The summed E-state index contributed by atoms with van der Waals surface area (Å²) in [5.41, 5.74) is -1.76. The molecule has 1 aliphatic heterocycles. The number of aliphatic hydroxyl groups excluding tert-OH is 3. The second-order valence-corrected chi connectivity index (χ2v) is 13.5. The van der Waals surface area contributed by atoms with Crippen LogP contribution in [-0.4, -0.2) is 64.5 Å². The van der Waals surface area contributed by atoms with Crippen LogP contribution in [0.15, 0.2) is 9.59 Å². The number of hydrogen-bond acceptors (Lipinski definition) is 7. The molecular formula is C15H25ClN2O7Si. The summed E-state index contributed by atoms with van der Waals surface area (Å²) in [6, 6.07) is 0.893. The van der Waals surface area contributed by atoms with Gasteiger partial charge in [0, 0.05) is 14.7 Å². The van der Waals surface area contributed by atoms with Crippen LogP contribution in [0.4, 0.5) is 0 Å². The van der Waals surface area contributed by atoms with Crippen LogP contribution in [0.3, 0.4) is 0 Å². The van der Waals surface area contributed by atoms with Gasteiger partial charge < -0.3 is 24.8 Å². The molecule has 1 saturated heterocycles. The third kappa shape index (κ3) is 4.63. The van der Waals surface area contributed by atoms with Crippen molar-refractivity contribution >= 4 is 19.7 Å². The number of ether oxygens (including phenoxy) is 2. The molecule has 26 heavy (non-hydrogen) atoms. The maximum absolute atomic E-state index is 12.2. The predicted octanol–water partition coefficient (Wildman–Crippen LogP) is -0.344. The molecule has 1 unspecified atom stereocenters. The van der Waals surface area contributed by atoms with Crippen molar-refractivity contribution < 1.29 is 24.8 Å². The highest BCUT2D eigenvalue weighted by molar-refractivity contribution is 6.76. The van der Waals surface area contributed by atoms with E-state index in [1.165, 1.54) is 0 Å². The summed E-state index contributed by atoms with van der Waals surface area (Å²) in [7, 11) is -1.30. The molecule has 0 amide bonds. The van der Waals surface area contributed by atoms with Crippen molar-refractivity contribution in [2.24, 2.45) is 0 Å². The minimum absolute atomic E-state index is 0.166. The second-order valence-electron chi connectivity index (χ2n) is 7.50. The molecule has 2 rings (SSSR count). The van der Waals surface area contributed by atoms with Gasteiger partial charge in [0.1, 0.15) is 36.3 Å². The lowest BCUT2D eigenvalue weighted by molar-refractivity contribution is -0.0235. The van der Waals surface area contributed by atoms with Crippen LogP contribution < -0.4 is 11.2 Å². The Labute approximate surface area is 156 Å². The first-order valence-corrected chi connectivity index (χ1v) is 12.4. The van der Waals surface area contributed by atoms with Crippen LogP contribution in [0.25, 0.3) is 0 Å². The molecule has 0 aliphatic carbocycles. The number of nitrogens with one attached hydrogen (secondary N) is 1. The molecule has 9 nitrogen and oxygen atoms in total. The molecule has 11 heteroatoms. The number of aliphatic hydroxyl groups is 3. The first-order chi connectivity index (χ1) is 12.1. The van der Waals surface area contributed by atoms with Crippen molar-refractivity contribution in [3.8, 4) is 0 Å². The number of aromatic nitrogens is 2. The minimum atomic E-state index is -1.47. The highest BCUT2D eigenvalue weighted by Gasteiger charge is 2.45. The Kier molecular flexibility index (Phi) is 6.83. The van der Waals surface area contributed by atoms with E-state index in [4.69, 9.17) is 21.1 Å². The van der Waals surface area contributed by atoms with Gasteiger partial charge >= 0.3 is 5.69 Å². The fourth-order valence-corrected chi connectivity index (χ4v) is 3.67. The van der Waals surface area contributed by atoms with Crippen LogP contribution in [0.2, 0.25) is 30.8 Å². The van der Waals surface area contributed by atoms with Gasteiger partial charge in [0.2, 0.25) is 0 Å². The van der Waals surface area contributed by atoms with Crippen LogP contribution in [0.5, 0.6) is 0 Å².